The third kappa shape index (κ3) is 3.29. The second-order valence-electron chi connectivity index (χ2n) is 6.53. The number of carbonyl (C=O) groups excluding carboxylic acids is 1. The first-order chi connectivity index (χ1) is 10.4. The molecule has 0 fully saturated rings. The van der Waals surface area contributed by atoms with Crippen molar-refractivity contribution in [3.63, 3.8) is 0 Å². The van der Waals surface area contributed by atoms with Gasteiger partial charge in [-0.1, -0.05) is 36.4 Å². The topological polar surface area (TPSA) is 39.2 Å². The predicted octanol–water partition coefficient (Wildman–Crippen LogP) is -1.37. The second kappa shape index (κ2) is 6.47. The number of hydrogen-bond acceptors (Lipinski definition) is 3. The third-order valence-electron chi connectivity index (χ3n) is 4.59. The van der Waals surface area contributed by atoms with Gasteiger partial charge in [0.15, 0.2) is 0 Å². The lowest BCUT2D eigenvalue weighted by atomic mass is 9.29. The van der Waals surface area contributed by atoms with E-state index >= 15 is 0 Å². The summed E-state index contributed by atoms with van der Waals surface area (Å²) in [6.07, 6.45) is 1.75. The fourth-order valence-corrected chi connectivity index (χ4v) is 2.21. The van der Waals surface area contributed by atoms with Gasteiger partial charge in [0.1, 0.15) is 38.0 Å². The summed E-state index contributed by atoms with van der Waals surface area (Å²) < 4.78 is 5.53. The highest BCUT2D eigenvalue weighted by atomic mass is 16.5. The normalized spacial score (nSPS) is 11.8. The molecule has 1 heterocycles. The number of esters is 1. The molecule has 108 valence electrons. The number of rotatable bonds is 5. The maximum Gasteiger partial charge on any atom is 0.295 e. The summed E-state index contributed by atoms with van der Waals surface area (Å²) in [5.41, 5.74) is 1.87. The maximum atomic E-state index is 12.6. The minimum absolute atomic E-state index is 0.216. The Morgan fingerprint density at radius 3 is 2.23 bits per heavy atom. The summed E-state index contributed by atoms with van der Waals surface area (Å²) in [6.45, 7) is 0.293. The van der Waals surface area contributed by atoms with Crippen LogP contribution in [0.15, 0.2) is 54.7 Å². The van der Waals surface area contributed by atoms with Gasteiger partial charge in [0, 0.05) is 17.1 Å². The van der Waals surface area contributed by atoms with Gasteiger partial charge in [0.2, 0.25) is 0 Å². The van der Waals surface area contributed by atoms with Gasteiger partial charge in [-0.2, -0.15) is 0 Å². The van der Waals surface area contributed by atoms with Crippen LogP contribution in [0, 0.1) is 0 Å². The maximum absolute atomic E-state index is 12.6. The Morgan fingerprint density at radius 2 is 1.64 bits per heavy atom. The van der Waals surface area contributed by atoms with E-state index in [9.17, 15) is 4.79 Å². The number of pyridine rings is 1. The fraction of sp³-hybridized carbons (Fsp3) is 0.200. The smallest absolute Gasteiger partial charge is 0.295 e. The zero-order valence-corrected chi connectivity index (χ0v) is 13.7. The largest absolute Gasteiger partial charge is 0.461 e. The van der Waals surface area contributed by atoms with Crippen molar-refractivity contribution >= 4 is 37.4 Å². The van der Waals surface area contributed by atoms with Crippen LogP contribution in [0.1, 0.15) is 11.3 Å². The molecule has 3 nitrogen and oxygen atoms in total. The number of ether oxygens (including phenoxy) is 1. The van der Waals surface area contributed by atoms with Crippen LogP contribution in [0.5, 0.6) is 0 Å². The standard InChI is InChI=1S/C15H19B4NO2/c16-14(17,12-8-4-5-9-20-12)15(18,19)13(21)22-10-11-6-2-1-3-7-11/h1-9H,10,16-19H2. The zero-order chi connectivity index (χ0) is 16.2. The van der Waals surface area contributed by atoms with Gasteiger partial charge in [-0.3, -0.25) is 9.78 Å². The highest BCUT2D eigenvalue weighted by Crippen LogP contribution is 2.38. The Morgan fingerprint density at radius 1 is 1.00 bits per heavy atom. The van der Waals surface area contributed by atoms with Crippen molar-refractivity contribution in [3.05, 3.63) is 66.0 Å². The molecule has 0 bridgehead atoms. The van der Waals surface area contributed by atoms with Crippen LogP contribution >= 0.6 is 0 Å². The highest BCUT2D eigenvalue weighted by molar-refractivity contribution is 6.60. The quantitative estimate of drug-likeness (QED) is 0.503. The molecule has 1 aromatic heterocycles. The average molecular weight is 289 g/mol. The molecule has 7 heteroatoms. The van der Waals surface area contributed by atoms with E-state index in [1.54, 1.807) is 6.20 Å². The molecule has 0 spiro atoms. The lowest BCUT2D eigenvalue weighted by Crippen LogP contribution is -2.49. The molecule has 0 saturated carbocycles. The van der Waals surface area contributed by atoms with Gasteiger partial charge in [0.25, 0.3) is 5.97 Å². The number of carbonyl (C=O) groups is 1. The number of nitrogens with zero attached hydrogens (tertiary/aromatic N) is 1. The van der Waals surface area contributed by atoms with E-state index in [0.29, 0.717) is 6.61 Å². The van der Waals surface area contributed by atoms with E-state index in [0.717, 1.165) is 11.3 Å². The van der Waals surface area contributed by atoms with Gasteiger partial charge in [0.05, 0.1) is 0 Å². The summed E-state index contributed by atoms with van der Waals surface area (Å²) in [4.78, 5) is 17.0. The number of benzene rings is 1. The van der Waals surface area contributed by atoms with Crippen molar-refractivity contribution in [1.29, 1.82) is 0 Å². The molecule has 0 radical (unpaired) electrons. The molecule has 2 rings (SSSR count). The SMILES string of the molecule is BC(B)(C(=O)OCc1ccccc1)C(B)(B)c1ccccn1. The van der Waals surface area contributed by atoms with E-state index in [2.05, 4.69) is 4.98 Å². The molecule has 22 heavy (non-hydrogen) atoms. The summed E-state index contributed by atoms with van der Waals surface area (Å²) in [5.74, 6) is -0.216. The second-order valence-corrected chi connectivity index (χ2v) is 6.53. The van der Waals surface area contributed by atoms with E-state index in [1.165, 1.54) is 0 Å². The molecule has 0 unspecified atom stereocenters. The van der Waals surface area contributed by atoms with Gasteiger partial charge < -0.3 is 4.74 Å². The predicted molar refractivity (Wildman–Crippen MR) is 99.0 cm³/mol. The van der Waals surface area contributed by atoms with E-state index < -0.39 is 10.4 Å². The van der Waals surface area contributed by atoms with Crippen LogP contribution in [0.2, 0.25) is 5.21 Å². The lowest BCUT2D eigenvalue weighted by molar-refractivity contribution is -0.146. The highest BCUT2D eigenvalue weighted by Gasteiger charge is 2.45. The zero-order valence-electron chi connectivity index (χ0n) is 13.7. The van der Waals surface area contributed by atoms with E-state index in [1.807, 2.05) is 79.9 Å². The molecular formula is C15H19B4NO2. The van der Waals surface area contributed by atoms with Crippen molar-refractivity contribution in [3.8, 4) is 0 Å². The van der Waals surface area contributed by atoms with Crippen molar-refractivity contribution in [2.45, 2.75) is 17.0 Å². The minimum Gasteiger partial charge on any atom is -0.461 e. The Balaban J connectivity index is 2.13. The summed E-state index contributed by atoms with van der Waals surface area (Å²) in [5, 5.41) is -1.11. The fourth-order valence-electron chi connectivity index (χ4n) is 2.21. The van der Waals surface area contributed by atoms with Crippen LogP contribution in [0.3, 0.4) is 0 Å². The average Bonchev–Trinajstić information content (AvgIpc) is 2.54. The first-order valence-corrected chi connectivity index (χ1v) is 7.48. The first kappa shape index (κ1) is 16.5. The molecule has 0 atom stereocenters. The monoisotopic (exact) mass is 289 g/mol. The molecule has 0 N–H and O–H groups in total. The first-order valence-electron chi connectivity index (χ1n) is 7.48. The molecule has 0 aliphatic heterocycles. The van der Waals surface area contributed by atoms with Crippen LogP contribution in [-0.2, 0) is 21.4 Å². The summed E-state index contributed by atoms with van der Waals surface area (Å²) in [6, 6.07) is 15.5. The van der Waals surface area contributed by atoms with E-state index in [4.69, 9.17) is 4.74 Å². The van der Waals surface area contributed by atoms with Gasteiger partial charge in [-0.05, 0) is 22.9 Å². The number of aromatic nitrogens is 1. The van der Waals surface area contributed by atoms with Crippen LogP contribution < -0.4 is 0 Å². The molecular weight excluding hydrogens is 269 g/mol. The molecule has 0 aliphatic rings. The van der Waals surface area contributed by atoms with Crippen molar-refractivity contribution < 1.29 is 9.53 Å². The Hall–Kier alpha value is -1.90. The number of hydrogen-bond donors (Lipinski definition) is 0. The van der Waals surface area contributed by atoms with Gasteiger partial charge in [-0.15, -0.1) is 0 Å². The van der Waals surface area contributed by atoms with Crippen molar-refractivity contribution in [2.24, 2.45) is 0 Å². The molecule has 0 aliphatic carbocycles. The summed E-state index contributed by atoms with van der Waals surface area (Å²) >= 11 is 0. The van der Waals surface area contributed by atoms with Crippen LogP contribution in [0.25, 0.3) is 0 Å². The third-order valence-corrected chi connectivity index (χ3v) is 4.59. The minimum atomic E-state index is -0.684. The van der Waals surface area contributed by atoms with Crippen molar-refractivity contribution in [2.75, 3.05) is 0 Å². The van der Waals surface area contributed by atoms with Gasteiger partial charge >= 0.3 is 0 Å². The Bertz CT molecular complexity index is 633. The molecule has 1 aromatic carbocycles. The molecule has 0 amide bonds. The van der Waals surface area contributed by atoms with Crippen LogP contribution in [-0.4, -0.2) is 42.3 Å². The van der Waals surface area contributed by atoms with Crippen molar-refractivity contribution in [1.82, 2.24) is 4.98 Å². The molecule has 2 aromatic rings. The summed E-state index contributed by atoms with van der Waals surface area (Å²) in [7, 11) is 7.88. The Labute approximate surface area is 135 Å². The lowest BCUT2D eigenvalue weighted by Gasteiger charge is -2.39. The van der Waals surface area contributed by atoms with Gasteiger partial charge in [-0.25, -0.2) is 0 Å². The van der Waals surface area contributed by atoms with E-state index in [-0.39, 0.29) is 5.97 Å². The van der Waals surface area contributed by atoms with Crippen LogP contribution in [0.4, 0.5) is 0 Å². The Kier molecular flexibility index (Phi) is 4.84. The molecule has 0 saturated heterocycles.